The van der Waals surface area contributed by atoms with Crippen LogP contribution in [0.4, 0.5) is 0 Å². The van der Waals surface area contributed by atoms with Crippen molar-refractivity contribution in [1.29, 1.82) is 0 Å². The molecule has 4 N–H and O–H groups in total. The molecule has 2 fully saturated rings. The van der Waals surface area contributed by atoms with E-state index in [1.165, 1.54) is 6.92 Å². The Morgan fingerprint density at radius 1 is 1.30 bits per heavy atom. The lowest BCUT2D eigenvalue weighted by Crippen LogP contribution is -2.60. The number of esters is 2. The predicted molar refractivity (Wildman–Crippen MR) is 78.9 cm³/mol. The van der Waals surface area contributed by atoms with Crippen molar-refractivity contribution in [2.45, 2.75) is 44.9 Å². The normalized spacial score (nSPS) is 35.9. The van der Waals surface area contributed by atoms with E-state index >= 15 is 0 Å². The van der Waals surface area contributed by atoms with Gasteiger partial charge in [0.15, 0.2) is 0 Å². The molecule has 8 nitrogen and oxygen atoms in total. The summed E-state index contributed by atoms with van der Waals surface area (Å²) in [5.41, 5.74) is 4.14. The first-order chi connectivity index (χ1) is 10.8. The number of aliphatic hydroxyl groups excluding tert-OH is 1. The SMILES string of the molecule is CCOC(=O)[C@H]1[C@H]2[C@@H]1[C@](NC(=O)C(C)N)(C(=O)OCC)C[C@@H]2O. The largest absolute Gasteiger partial charge is 0.466 e. The first kappa shape index (κ1) is 17.7. The highest BCUT2D eigenvalue weighted by atomic mass is 16.5. The summed E-state index contributed by atoms with van der Waals surface area (Å²) >= 11 is 0. The Morgan fingerprint density at radius 2 is 1.91 bits per heavy atom. The standard InChI is InChI=1S/C15H24N2O6/c1-4-22-13(20)10-9-8(18)6-15(11(9)10,14(21)23-5-2)17-12(19)7(3)16/h7-11,18H,4-6,16H2,1-3H3,(H,17,19)/t7?,8-,9-,10-,11-,15-/m0/s1. The van der Waals surface area contributed by atoms with Crippen LogP contribution in [0.3, 0.4) is 0 Å². The summed E-state index contributed by atoms with van der Waals surface area (Å²) in [4.78, 5) is 36.6. The molecule has 2 saturated carbocycles. The summed E-state index contributed by atoms with van der Waals surface area (Å²) in [6.07, 6.45) is -0.873. The van der Waals surface area contributed by atoms with Crippen molar-refractivity contribution in [1.82, 2.24) is 5.32 Å². The van der Waals surface area contributed by atoms with Gasteiger partial charge in [-0.15, -0.1) is 0 Å². The highest BCUT2D eigenvalue weighted by Gasteiger charge is 2.76. The first-order valence-electron chi connectivity index (χ1n) is 7.89. The summed E-state index contributed by atoms with van der Waals surface area (Å²) in [7, 11) is 0. The Balaban J connectivity index is 2.29. The number of aliphatic hydroxyl groups is 1. The number of hydrogen-bond donors (Lipinski definition) is 3. The predicted octanol–water partition coefficient (Wildman–Crippen LogP) is -1.06. The smallest absolute Gasteiger partial charge is 0.332 e. The van der Waals surface area contributed by atoms with Crippen LogP contribution in [0.5, 0.6) is 0 Å². The molecule has 0 aliphatic heterocycles. The van der Waals surface area contributed by atoms with E-state index in [-0.39, 0.29) is 19.6 Å². The van der Waals surface area contributed by atoms with Crippen LogP contribution in [0.15, 0.2) is 0 Å². The average Bonchev–Trinajstić information content (AvgIpc) is 3.16. The molecule has 130 valence electrons. The van der Waals surface area contributed by atoms with Gasteiger partial charge in [0.1, 0.15) is 5.54 Å². The van der Waals surface area contributed by atoms with E-state index in [0.717, 1.165) is 0 Å². The van der Waals surface area contributed by atoms with Crippen molar-refractivity contribution < 1.29 is 29.0 Å². The van der Waals surface area contributed by atoms with Crippen molar-refractivity contribution >= 4 is 17.8 Å². The van der Waals surface area contributed by atoms with Gasteiger partial charge in [-0.3, -0.25) is 9.59 Å². The Hall–Kier alpha value is -1.67. The molecule has 0 aromatic rings. The first-order valence-corrected chi connectivity index (χ1v) is 7.89. The Kier molecular flexibility index (Phi) is 4.95. The van der Waals surface area contributed by atoms with Crippen LogP contribution in [0, 0.1) is 17.8 Å². The molecule has 0 bridgehead atoms. The summed E-state index contributed by atoms with van der Waals surface area (Å²) in [5.74, 6) is -3.20. The minimum absolute atomic E-state index is 0.00946. The molecule has 0 saturated heterocycles. The van der Waals surface area contributed by atoms with Gasteiger partial charge < -0.3 is 25.6 Å². The lowest BCUT2D eigenvalue weighted by molar-refractivity contribution is -0.156. The van der Waals surface area contributed by atoms with E-state index in [1.807, 2.05) is 0 Å². The Labute approximate surface area is 134 Å². The molecule has 0 radical (unpaired) electrons. The molecular formula is C15H24N2O6. The van der Waals surface area contributed by atoms with Crippen LogP contribution in [-0.2, 0) is 23.9 Å². The van der Waals surface area contributed by atoms with Crippen LogP contribution in [0.25, 0.3) is 0 Å². The zero-order valence-corrected chi connectivity index (χ0v) is 13.6. The third kappa shape index (κ3) is 2.92. The summed E-state index contributed by atoms with van der Waals surface area (Å²) in [6, 6.07) is -0.822. The van der Waals surface area contributed by atoms with Crippen LogP contribution >= 0.6 is 0 Å². The number of amides is 1. The van der Waals surface area contributed by atoms with E-state index in [9.17, 15) is 19.5 Å². The topological polar surface area (TPSA) is 128 Å². The molecule has 2 aliphatic rings. The van der Waals surface area contributed by atoms with Gasteiger partial charge in [-0.25, -0.2) is 4.79 Å². The van der Waals surface area contributed by atoms with Gasteiger partial charge in [0.25, 0.3) is 0 Å². The number of hydrogen-bond acceptors (Lipinski definition) is 7. The summed E-state index contributed by atoms with van der Waals surface area (Å²) in [5, 5.41) is 12.9. The molecule has 0 heterocycles. The van der Waals surface area contributed by atoms with E-state index < -0.39 is 53.3 Å². The minimum Gasteiger partial charge on any atom is -0.466 e. The van der Waals surface area contributed by atoms with Crippen LogP contribution in [0.2, 0.25) is 0 Å². The minimum atomic E-state index is -1.43. The molecule has 0 aromatic carbocycles. The molecule has 2 aliphatic carbocycles. The van der Waals surface area contributed by atoms with Crippen molar-refractivity contribution in [2.75, 3.05) is 13.2 Å². The lowest BCUT2D eigenvalue weighted by Gasteiger charge is -2.32. The highest BCUT2D eigenvalue weighted by Crippen LogP contribution is 2.63. The summed E-state index contributed by atoms with van der Waals surface area (Å²) in [6.45, 7) is 5.17. The van der Waals surface area contributed by atoms with E-state index in [1.54, 1.807) is 13.8 Å². The maximum absolute atomic E-state index is 12.5. The number of carbonyl (C=O) groups is 3. The maximum atomic E-state index is 12.5. The number of nitrogens with two attached hydrogens (primary N) is 1. The molecule has 0 aromatic heterocycles. The Bertz CT molecular complexity index is 508. The van der Waals surface area contributed by atoms with Gasteiger partial charge in [-0.05, 0) is 20.8 Å². The van der Waals surface area contributed by atoms with Gasteiger partial charge in [-0.1, -0.05) is 0 Å². The summed E-state index contributed by atoms with van der Waals surface area (Å²) < 4.78 is 10.1. The number of nitrogens with one attached hydrogen (secondary N) is 1. The van der Waals surface area contributed by atoms with Crippen molar-refractivity contribution in [3.8, 4) is 0 Å². The quantitative estimate of drug-likeness (QED) is 0.530. The van der Waals surface area contributed by atoms with Crippen molar-refractivity contribution in [3.05, 3.63) is 0 Å². The maximum Gasteiger partial charge on any atom is 0.332 e. The zero-order valence-electron chi connectivity index (χ0n) is 13.6. The second kappa shape index (κ2) is 6.45. The average molecular weight is 328 g/mol. The number of carbonyl (C=O) groups excluding carboxylic acids is 3. The molecule has 0 spiro atoms. The molecule has 2 rings (SSSR count). The monoisotopic (exact) mass is 328 g/mol. The van der Waals surface area contributed by atoms with E-state index in [4.69, 9.17) is 15.2 Å². The zero-order chi connectivity index (χ0) is 17.4. The van der Waals surface area contributed by atoms with Crippen molar-refractivity contribution in [3.63, 3.8) is 0 Å². The van der Waals surface area contributed by atoms with Gasteiger partial charge >= 0.3 is 11.9 Å². The third-order valence-corrected chi connectivity index (χ3v) is 4.58. The molecule has 6 atom stereocenters. The molecule has 1 amide bonds. The van der Waals surface area contributed by atoms with E-state index in [0.29, 0.717) is 0 Å². The van der Waals surface area contributed by atoms with E-state index in [2.05, 4.69) is 5.32 Å². The van der Waals surface area contributed by atoms with Gasteiger partial charge in [0.05, 0.1) is 31.3 Å². The molecule has 1 unspecified atom stereocenters. The Morgan fingerprint density at radius 3 is 2.43 bits per heavy atom. The van der Waals surface area contributed by atoms with Crippen molar-refractivity contribution in [2.24, 2.45) is 23.5 Å². The number of fused-ring (bicyclic) bond motifs is 1. The molecular weight excluding hydrogens is 304 g/mol. The fourth-order valence-electron chi connectivity index (χ4n) is 3.59. The number of ether oxygens (including phenoxy) is 2. The fraction of sp³-hybridized carbons (Fsp3) is 0.800. The third-order valence-electron chi connectivity index (χ3n) is 4.58. The number of rotatable bonds is 6. The fourth-order valence-corrected chi connectivity index (χ4v) is 3.59. The van der Waals surface area contributed by atoms with Crippen LogP contribution in [-0.4, -0.2) is 53.9 Å². The van der Waals surface area contributed by atoms with Crippen LogP contribution < -0.4 is 11.1 Å². The second-order valence-electron chi connectivity index (χ2n) is 6.12. The van der Waals surface area contributed by atoms with Crippen LogP contribution in [0.1, 0.15) is 27.2 Å². The molecule has 23 heavy (non-hydrogen) atoms. The molecule has 8 heteroatoms. The van der Waals surface area contributed by atoms with Gasteiger partial charge in [0, 0.05) is 18.3 Å². The second-order valence-corrected chi connectivity index (χ2v) is 6.12. The van der Waals surface area contributed by atoms with Gasteiger partial charge in [0.2, 0.25) is 5.91 Å². The van der Waals surface area contributed by atoms with Gasteiger partial charge in [-0.2, -0.15) is 0 Å². The highest BCUT2D eigenvalue weighted by molar-refractivity contribution is 5.93. The lowest BCUT2D eigenvalue weighted by atomic mass is 9.89.